The number of carbonyl (C=O) groups is 1. The number of rotatable bonds is 11. The molecule has 45 heavy (non-hydrogen) atoms. The molecule has 4 nitrogen and oxygen atoms in total. The van der Waals surface area contributed by atoms with E-state index in [2.05, 4.69) is 20.2 Å². The van der Waals surface area contributed by atoms with Crippen LogP contribution in [0.25, 0.3) is 10.4 Å². The summed E-state index contributed by atoms with van der Waals surface area (Å²) < 4.78 is 61.4. The number of esters is 1. The summed E-state index contributed by atoms with van der Waals surface area (Å²) in [6.45, 7) is 8.98. The fourth-order valence-corrected chi connectivity index (χ4v) is 7.43. The van der Waals surface area contributed by atoms with Crippen molar-refractivity contribution in [2.75, 3.05) is 6.61 Å². The minimum atomic E-state index is -4.39. The largest absolute Gasteiger partial charge is 0.475 e. The van der Waals surface area contributed by atoms with Crippen molar-refractivity contribution in [1.82, 2.24) is 0 Å². The van der Waals surface area contributed by atoms with Crippen molar-refractivity contribution in [2.45, 2.75) is 70.9 Å². The number of benzene rings is 2. The SMILES string of the molecule is CC(C)(C)OC(=O)C(C)(C)Oc1ccc(CCC(OCC2=CC=IC=C2)c2ccc(-c3ccc(C(F)(F)F)cc3)s2)c(Cl)c1Cl. The third-order valence-electron chi connectivity index (χ3n) is 6.65. The summed E-state index contributed by atoms with van der Waals surface area (Å²) >= 11 is 14.8. The van der Waals surface area contributed by atoms with Gasteiger partial charge < -0.3 is 14.2 Å². The smallest absolute Gasteiger partial charge is 0.416 e. The van der Waals surface area contributed by atoms with Crippen LogP contribution in [0.5, 0.6) is 5.75 Å². The molecule has 3 aromatic rings. The molecule has 4 rings (SSSR count). The van der Waals surface area contributed by atoms with E-state index in [1.807, 2.05) is 18.2 Å². The zero-order valence-corrected chi connectivity index (χ0v) is 29.9. The second-order valence-corrected chi connectivity index (χ2v) is 15.9. The lowest BCUT2D eigenvalue weighted by Crippen LogP contribution is -2.43. The molecule has 1 aliphatic heterocycles. The van der Waals surface area contributed by atoms with Crippen LogP contribution in [-0.2, 0) is 26.9 Å². The van der Waals surface area contributed by atoms with Crippen LogP contribution in [0.4, 0.5) is 13.2 Å². The highest BCUT2D eigenvalue weighted by Gasteiger charge is 2.36. The first-order valence-electron chi connectivity index (χ1n) is 14.1. The summed E-state index contributed by atoms with van der Waals surface area (Å²) in [5.74, 6) is -0.260. The number of ether oxygens (including phenoxy) is 3. The molecule has 0 saturated heterocycles. The van der Waals surface area contributed by atoms with Gasteiger partial charge in [-0.3, -0.25) is 0 Å². The zero-order valence-electron chi connectivity index (χ0n) is 25.4. The Labute approximate surface area is 285 Å². The Bertz CT molecular complexity index is 1600. The predicted octanol–water partition coefficient (Wildman–Crippen LogP) is 11.2. The molecule has 0 N–H and O–H groups in total. The maximum absolute atomic E-state index is 13.1. The van der Waals surface area contributed by atoms with Crippen LogP contribution in [0.2, 0.25) is 10.0 Å². The molecule has 0 spiro atoms. The summed E-state index contributed by atoms with van der Waals surface area (Å²) in [6, 6.07) is 12.5. The van der Waals surface area contributed by atoms with Gasteiger partial charge in [0.2, 0.25) is 0 Å². The maximum atomic E-state index is 13.1. The lowest BCUT2D eigenvalue weighted by atomic mass is 10.0. The van der Waals surface area contributed by atoms with Gasteiger partial charge in [-0.25, -0.2) is 4.79 Å². The quantitative estimate of drug-likeness (QED) is 0.143. The molecule has 1 unspecified atom stereocenters. The first kappa shape index (κ1) is 35.7. The highest BCUT2D eigenvalue weighted by molar-refractivity contribution is 14.2. The normalized spacial score (nSPS) is 14.5. The fourth-order valence-electron chi connectivity index (χ4n) is 4.29. The summed E-state index contributed by atoms with van der Waals surface area (Å²) in [5.41, 5.74) is -0.0992. The molecule has 1 atom stereocenters. The summed E-state index contributed by atoms with van der Waals surface area (Å²) in [7, 11) is 0. The zero-order chi connectivity index (χ0) is 33.0. The van der Waals surface area contributed by atoms with Gasteiger partial charge in [-0.15, -0.1) is 11.3 Å². The van der Waals surface area contributed by atoms with E-state index in [0.29, 0.717) is 30.0 Å². The molecule has 2 heterocycles. The Kier molecular flexibility index (Phi) is 11.7. The van der Waals surface area contributed by atoms with E-state index in [9.17, 15) is 18.0 Å². The molecule has 1 aliphatic rings. The number of hydrogen-bond donors (Lipinski definition) is 0. The summed E-state index contributed by atoms with van der Waals surface area (Å²) in [6.07, 6.45) is 0.573. The second-order valence-electron chi connectivity index (χ2n) is 11.9. The van der Waals surface area contributed by atoms with Crippen LogP contribution in [0.1, 0.15) is 63.1 Å². The molecule has 0 saturated carbocycles. The van der Waals surface area contributed by atoms with E-state index in [1.54, 1.807) is 40.7 Å². The van der Waals surface area contributed by atoms with Crippen molar-refractivity contribution in [1.29, 1.82) is 0 Å². The van der Waals surface area contributed by atoms with E-state index in [4.69, 9.17) is 37.4 Å². The van der Waals surface area contributed by atoms with Gasteiger partial charge >= 0.3 is 12.1 Å². The van der Waals surface area contributed by atoms with Gasteiger partial charge in [0.25, 0.3) is 0 Å². The topological polar surface area (TPSA) is 44.8 Å². The van der Waals surface area contributed by atoms with Gasteiger partial charge in [-0.05, 0) is 103 Å². The molecular formula is C34H34Cl2F3IO4S. The highest BCUT2D eigenvalue weighted by Crippen LogP contribution is 2.40. The average Bonchev–Trinajstić information content (AvgIpc) is 3.46. The van der Waals surface area contributed by atoms with Crippen LogP contribution in [0.15, 0.2) is 70.3 Å². The number of carbonyl (C=O) groups excluding carboxylic acids is 1. The van der Waals surface area contributed by atoms with Gasteiger partial charge in [-0.1, -0.05) is 74.3 Å². The summed E-state index contributed by atoms with van der Waals surface area (Å²) in [5, 5.41) is 0.515. The Morgan fingerprint density at radius 3 is 2.29 bits per heavy atom. The van der Waals surface area contributed by atoms with Crippen molar-refractivity contribution in [3.63, 3.8) is 0 Å². The van der Waals surface area contributed by atoms with Crippen LogP contribution in [0, 0.1) is 0 Å². The van der Waals surface area contributed by atoms with Gasteiger partial charge in [0, 0.05) is 9.75 Å². The number of alkyl halides is 3. The Morgan fingerprint density at radius 1 is 0.956 bits per heavy atom. The Balaban J connectivity index is 1.52. The molecule has 0 aliphatic carbocycles. The van der Waals surface area contributed by atoms with E-state index >= 15 is 0 Å². The van der Waals surface area contributed by atoms with Crippen molar-refractivity contribution >= 4 is 65.3 Å². The van der Waals surface area contributed by atoms with Crippen LogP contribution in [-0.4, -0.2) is 27.8 Å². The number of halogens is 6. The molecule has 2 aromatic carbocycles. The lowest BCUT2D eigenvalue weighted by molar-refractivity contribution is -0.170. The fraction of sp³-hybridized carbons (Fsp3) is 0.353. The standard InChI is InChI=1S/C34H34Cl2F3IO4S/c1-32(2,3)44-31(41)33(4,5)43-26-13-9-23(29(35)30(26)36)8-12-25(42-20-21-16-18-40-19-17-21)28-15-14-27(45-28)22-6-10-24(11-7-22)34(37,38)39/h6-7,9-11,13-19,25H,8,12,20H2,1-5H3. The molecular weight excluding hydrogens is 759 g/mol. The van der Waals surface area contributed by atoms with E-state index in [0.717, 1.165) is 33.0 Å². The van der Waals surface area contributed by atoms with E-state index in [-0.39, 0.29) is 37.6 Å². The molecule has 11 heteroatoms. The molecule has 0 radical (unpaired) electrons. The first-order valence-corrected chi connectivity index (χ1v) is 18.2. The number of thiophene rings is 1. The average molecular weight is 794 g/mol. The van der Waals surface area contributed by atoms with E-state index in [1.165, 1.54) is 23.5 Å². The van der Waals surface area contributed by atoms with Crippen molar-refractivity contribution in [3.8, 4) is 16.2 Å². The third-order valence-corrected chi connectivity index (χ3v) is 10.3. The Morgan fingerprint density at radius 2 is 1.67 bits per heavy atom. The molecule has 1 aromatic heterocycles. The van der Waals surface area contributed by atoms with Crippen molar-refractivity contribution in [3.05, 3.63) is 96.4 Å². The van der Waals surface area contributed by atoms with Crippen LogP contribution < -0.4 is 4.74 Å². The van der Waals surface area contributed by atoms with E-state index < -0.39 is 28.9 Å². The minimum absolute atomic E-state index is 0.0535. The number of aryl methyl sites for hydroxylation is 1. The van der Waals surface area contributed by atoms with Gasteiger partial charge in [0.15, 0.2) is 5.60 Å². The monoisotopic (exact) mass is 792 g/mol. The Hall–Kier alpha value is -2.18. The third kappa shape index (κ3) is 9.91. The molecule has 0 bridgehead atoms. The van der Waals surface area contributed by atoms with Crippen LogP contribution >= 0.6 is 55.3 Å². The minimum Gasteiger partial charge on any atom is -0.475 e. The first-order chi connectivity index (χ1) is 21.0. The summed E-state index contributed by atoms with van der Waals surface area (Å²) in [4.78, 5) is 14.5. The predicted molar refractivity (Wildman–Crippen MR) is 186 cm³/mol. The maximum Gasteiger partial charge on any atom is 0.416 e. The van der Waals surface area contributed by atoms with Gasteiger partial charge in [-0.2, -0.15) is 13.2 Å². The second kappa shape index (κ2) is 14.7. The lowest BCUT2D eigenvalue weighted by Gasteiger charge is -2.29. The van der Waals surface area contributed by atoms with Crippen molar-refractivity contribution in [2.24, 2.45) is 0 Å². The van der Waals surface area contributed by atoms with Crippen LogP contribution in [0.3, 0.4) is 0 Å². The van der Waals surface area contributed by atoms with Gasteiger partial charge in [0.05, 0.1) is 23.3 Å². The molecule has 242 valence electrons. The number of allylic oxidation sites excluding steroid dienone is 1. The molecule has 0 fully saturated rings. The van der Waals surface area contributed by atoms with Gasteiger partial charge in [0.1, 0.15) is 16.4 Å². The van der Waals surface area contributed by atoms with Crippen molar-refractivity contribution < 1.29 is 32.2 Å². The molecule has 0 amide bonds. The number of hydrogen-bond acceptors (Lipinski definition) is 5. The highest BCUT2D eigenvalue weighted by atomic mass is 127.